The molecule has 0 bridgehead atoms. The van der Waals surface area contributed by atoms with Gasteiger partial charge in [0.1, 0.15) is 6.04 Å². The lowest BCUT2D eigenvalue weighted by atomic mass is 10.00. The lowest BCUT2D eigenvalue weighted by Crippen LogP contribution is -2.49. The van der Waals surface area contributed by atoms with Crippen molar-refractivity contribution in [1.29, 1.82) is 0 Å². The van der Waals surface area contributed by atoms with E-state index in [2.05, 4.69) is 5.32 Å². The molecule has 108 valence electrons. The van der Waals surface area contributed by atoms with Gasteiger partial charge in [-0.15, -0.1) is 0 Å². The van der Waals surface area contributed by atoms with Crippen LogP contribution in [0.5, 0.6) is 0 Å². The number of carbonyl (C=O) groups is 1. The third kappa shape index (κ3) is 2.66. The Bertz CT molecular complexity index is 532. The van der Waals surface area contributed by atoms with Crippen LogP contribution in [-0.2, 0) is 4.79 Å². The molecule has 1 aliphatic heterocycles. The lowest BCUT2D eigenvalue weighted by molar-refractivity contribution is -0.384. The lowest BCUT2D eigenvalue weighted by Gasteiger charge is -2.36. The summed E-state index contributed by atoms with van der Waals surface area (Å²) in [7, 11) is 1.61. The SMILES string of the molecule is CNC(=O)C1CCCCN1c1ccc([N+](=O)[O-])cc1N. The molecule has 7 heteroatoms. The second-order valence-electron chi connectivity index (χ2n) is 4.82. The Balaban J connectivity index is 2.32. The monoisotopic (exact) mass is 278 g/mol. The van der Waals surface area contributed by atoms with E-state index in [1.54, 1.807) is 13.1 Å². The van der Waals surface area contributed by atoms with Crippen molar-refractivity contribution in [2.75, 3.05) is 24.2 Å². The molecule has 1 atom stereocenters. The van der Waals surface area contributed by atoms with Crippen LogP contribution in [0.15, 0.2) is 18.2 Å². The third-order valence-corrected chi connectivity index (χ3v) is 3.58. The number of piperidine rings is 1. The molecule has 0 spiro atoms. The van der Waals surface area contributed by atoms with E-state index >= 15 is 0 Å². The quantitative estimate of drug-likeness (QED) is 0.492. The number of nitrogens with two attached hydrogens (primary N) is 1. The molecule has 1 amide bonds. The van der Waals surface area contributed by atoms with Crippen molar-refractivity contribution in [2.24, 2.45) is 0 Å². The maximum atomic E-state index is 11.9. The fourth-order valence-electron chi connectivity index (χ4n) is 2.58. The first kappa shape index (κ1) is 14.1. The van der Waals surface area contributed by atoms with Crippen molar-refractivity contribution in [3.8, 4) is 0 Å². The van der Waals surface area contributed by atoms with Crippen molar-refractivity contribution in [1.82, 2.24) is 5.32 Å². The number of likely N-dealkylation sites (N-methyl/N-ethyl adjacent to an activating group) is 1. The highest BCUT2D eigenvalue weighted by Gasteiger charge is 2.29. The molecule has 1 heterocycles. The summed E-state index contributed by atoms with van der Waals surface area (Å²) < 4.78 is 0. The zero-order valence-corrected chi connectivity index (χ0v) is 11.3. The van der Waals surface area contributed by atoms with Gasteiger partial charge in [-0.25, -0.2) is 0 Å². The Morgan fingerprint density at radius 2 is 2.25 bits per heavy atom. The summed E-state index contributed by atoms with van der Waals surface area (Å²) in [6, 6.07) is 4.11. The minimum atomic E-state index is -0.480. The van der Waals surface area contributed by atoms with Gasteiger partial charge in [0.05, 0.1) is 16.3 Å². The fraction of sp³-hybridized carbons (Fsp3) is 0.462. The first-order chi connectivity index (χ1) is 9.54. The van der Waals surface area contributed by atoms with Crippen LogP contribution in [0.2, 0.25) is 0 Å². The third-order valence-electron chi connectivity index (χ3n) is 3.58. The van der Waals surface area contributed by atoms with E-state index in [0.717, 1.165) is 25.8 Å². The van der Waals surface area contributed by atoms with E-state index < -0.39 is 4.92 Å². The molecule has 1 aromatic carbocycles. The van der Waals surface area contributed by atoms with E-state index in [4.69, 9.17) is 5.73 Å². The maximum absolute atomic E-state index is 11.9. The normalized spacial score (nSPS) is 18.6. The Morgan fingerprint density at radius 1 is 1.50 bits per heavy atom. The number of hydrogen-bond acceptors (Lipinski definition) is 5. The molecule has 7 nitrogen and oxygen atoms in total. The summed E-state index contributed by atoms with van der Waals surface area (Å²) in [5.74, 6) is -0.0533. The van der Waals surface area contributed by atoms with Crippen molar-refractivity contribution in [3.05, 3.63) is 28.3 Å². The summed E-state index contributed by atoms with van der Waals surface area (Å²) in [5, 5.41) is 13.4. The van der Waals surface area contributed by atoms with E-state index in [1.807, 2.05) is 4.90 Å². The minimum Gasteiger partial charge on any atom is -0.397 e. The molecule has 1 aliphatic rings. The molecular weight excluding hydrogens is 260 g/mol. The molecule has 20 heavy (non-hydrogen) atoms. The summed E-state index contributed by atoms with van der Waals surface area (Å²) in [6.45, 7) is 0.722. The number of amides is 1. The van der Waals surface area contributed by atoms with Gasteiger partial charge in [-0.2, -0.15) is 0 Å². The number of benzene rings is 1. The van der Waals surface area contributed by atoms with Crippen molar-refractivity contribution < 1.29 is 9.72 Å². The van der Waals surface area contributed by atoms with Gasteiger partial charge in [-0.1, -0.05) is 0 Å². The highest BCUT2D eigenvalue weighted by atomic mass is 16.6. The van der Waals surface area contributed by atoms with Gasteiger partial charge in [0.2, 0.25) is 5.91 Å². The van der Waals surface area contributed by atoms with E-state index in [0.29, 0.717) is 11.4 Å². The highest BCUT2D eigenvalue weighted by Crippen LogP contribution is 2.32. The summed E-state index contributed by atoms with van der Waals surface area (Å²) in [5.41, 5.74) is 6.89. The number of nitrogens with zero attached hydrogens (tertiary/aromatic N) is 2. The van der Waals surface area contributed by atoms with Crippen LogP contribution >= 0.6 is 0 Å². The molecule has 1 unspecified atom stereocenters. The Hall–Kier alpha value is -2.31. The predicted octanol–water partition coefficient (Wildman–Crippen LogP) is 1.28. The molecule has 1 saturated heterocycles. The summed E-state index contributed by atoms with van der Waals surface area (Å²) in [6.07, 6.45) is 2.72. The van der Waals surface area contributed by atoms with Crippen LogP contribution in [0.4, 0.5) is 17.1 Å². The maximum Gasteiger partial charge on any atom is 0.271 e. The number of nitro benzene ring substituents is 1. The Kier molecular flexibility index (Phi) is 4.07. The first-order valence-corrected chi connectivity index (χ1v) is 6.56. The van der Waals surface area contributed by atoms with E-state index in [1.165, 1.54) is 12.1 Å². The number of nitro groups is 1. The average molecular weight is 278 g/mol. The summed E-state index contributed by atoms with van der Waals surface area (Å²) in [4.78, 5) is 24.1. The largest absolute Gasteiger partial charge is 0.397 e. The van der Waals surface area contributed by atoms with Crippen molar-refractivity contribution in [2.45, 2.75) is 25.3 Å². The summed E-state index contributed by atoms with van der Waals surface area (Å²) >= 11 is 0. The van der Waals surface area contributed by atoms with Crippen LogP contribution in [0.1, 0.15) is 19.3 Å². The van der Waals surface area contributed by atoms with Gasteiger partial charge in [-0.05, 0) is 25.3 Å². The number of non-ortho nitro benzene ring substituents is 1. The van der Waals surface area contributed by atoms with Gasteiger partial charge in [-0.3, -0.25) is 14.9 Å². The number of nitrogen functional groups attached to an aromatic ring is 1. The zero-order valence-electron chi connectivity index (χ0n) is 11.3. The number of carbonyl (C=O) groups excluding carboxylic acids is 1. The van der Waals surface area contributed by atoms with Gasteiger partial charge in [0, 0.05) is 25.7 Å². The zero-order chi connectivity index (χ0) is 14.7. The second kappa shape index (κ2) is 5.77. The van der Waals surface area contributed by atoms with Crippen LogP contribution in [0.3, 0.4) is 0 Å². The van der Waals surface area contributed by atoms with Crippen molar-refractivity contribution >= 4 is 23.0 Å². The average Bonchev–Trinajstić information content (AvgIpc) is 2.46. The van der Waals surface area contributed by atoms with Crippen LogP contribution in [0, 0.1) is 10.1 Å². The molecule has 1 fully saturated rings. The Labute approximate surface area is 116 Å². The molecule has 1 aromatic rings. The van der Waals surface area contributed by atoms with Gasteiger partial charge < -0.3 is 16.0 Å². The molecular formula is C13H18N4O3. The van der Waals surface area contributed by atoms with E-state index in [9.17, 15) is 14.9 Å². The van der Waals surface area contributed by atoms with Gasteiger partial charge in [0.15, 0.2) is 0 Å². The highest BCUT2D eigenvalue weighted by molar-refractivity contribution is 5.87. The van der Waals surface area contributed by atoms with Gasteiger partial charge >= 0.3 is 0 Å². The van der Waals surface area contributed by atoms with E-state index in [-0.39, 0.29) is 17.6 Å². The molecule has 0 aliphatic carbocycles. The fourth-order valence-corrected chi connectivity index (χ4v) is 2.58. The van der Waals surface area contributed by atoms with Crippen molar-refractivity contribution in [3.63, 3.8) is 0 Å². The van der Waals surface area contributed by atoms with Crippen LogP contribution in [-0.4, -0.2) is 30.5 Å². The number of nitrogens with one attached hydrogen (secondary N) is 1. The van der Waals surface area contributed by atoms with Gasteiger partial charge in [0.25, 0.3) is 5.69 Å². The number of rotatable bonds is 3. The Morgan fingerprint density at radius 3 is 2.85 bits per heavy atom. The second-order valence-corrected chi connectivity index (χ2v) is 4.82. The minimum absolute atomic E-state index is 0.0419. The van der Waals surface area contributed by atoms with Crippen LogP contribution in [0.25, 0.3) is 0 Å². The van der Waals surface area contributed by atoms with Crippen LogP contribution < -0.4 is 16.0 Å². The molecule has 0 aromatic heterocycles. The smallest absolute Gasteiger partial charge is 0.271 e. The number of hydrogen-bond donors (Lipinski definition) is 2. The molecule has 2 rings (SSSR count). The molecule has 0 saturated carbocycles. The molecule has 0 radical (unpaired) electrons. The first-order valence-electron chi connectivity index (χ1n) is 6.56. The predicted molar refractivity (Wildman–Crippen MR) is 76.6 cm³/mol. The standard InChI is InChI=1S/C13H18N4O3/c1-15-13(18)12-4-2-3-7-16(12)11-6-5-9(17(19)20)8-10(11)14/h5-6,8,12H,2-4,7,14H2,1H3,(H,15,18). The number of anilines is 2. The topological polar surface area (TPSA) is 102 Å². The molecule has 3 N–H and O–H groups in total.